The lowest BCUT2D eigenvalue weighted by atomic mass is 9.90. The van der Waals surface area contributed by atoms with Crippen molar-refractivity contribution < 1.29 is 4.74 Å². The Kier molecular flexibility index (Phi) is 4.45. The van der Waals surface area contributed by atoms with Gasteiger partial charge < -0.3 is 10.1 Å². The predicted octanol–water partition coefficient (Wildman–Crippen LogP) is 1.88. The first-order chi connectivity index (χ1) is 8.18. The minimum absolute atomic E-state index is 0.342. The molecule has 100 valence electrons. The van der Waals surface area contributed by atoms with E-state index in [1.165, 1.54) is 32.4 Å². The van der Waals surface area contributed by atoms with Crippen molar-refractivity contribution >= 4 is 0 Å². The van der Waals surface area contributed by atoms with Gasteiger partial charge in [0.2, 0.25) is 0 Å². The van der Waals surface area contributed by atoms with Crippen LogP contribution >= 0.6 is 0 Å². The molecule has 3 nitrogen and oxygen atoms in total. The smallest absolute Gasteiger partial charge is 0.0507 e. The standard InChI is InChI=1S/C14H28N2O/c1-4-13-9-16(8-12-6-7-17-10-12)14(3,5-2)11-15-13/h12-13,15H,4-11H2,1-3H3. The maximum atomic E-state index is 5.51. The quantitative estimate of drug-likeness (QED) is 0.812. The predicted molar refractivity (Wildman–Crippen MR) is 71.3 cm³/mol. The Labute approximate surface area is 106 Å². The van der Waals surface area contributed by atoms with E-state index in [4.69, 9.17) is 4.74 Å². The molecule has 0 aliphatic carbocycles. The zero-order chi connectivity index (χ0) is 12.3. The Morgan fingerprint density at radius 1 is 1.41 bits per heavy atom. The van der Waals surface area contributed by atoms with Gasteiger partial charge in [0, 0.05) is 37.8 Å². The highest BCUT2D eigenvalue weighted by Crippen LogP contribution is 2.26. The fraction of sp³-hybridized carbons (Fsp3) is 1.00. The number of hydrogen-bond donors (Lipinski definition) is 1. The van der Waals surface area contributed by atoms with Crippen molar-refractivity contribution in [3.05, 3.63) is 0 Å². The van der Waals surface area contributed by atoms with Crippen LogP contribution in [0.15, 0.2) is 0 Å². The van der Waals surface area contributed by atoms with Crippen LogP contribution < -0.4 is 5.32 Å². The average molecular weight is 240 g/mol. The maximum absolute atomic E-state index is 5.51. The lowest BCUT2D eigenvalue weighted by molar-refractivity contribution is 0.0320. The topological polar surface area (TPSA) is 24.5 Å². The van der Waals surface area contributed by atoms with Gasteiger partial charge in [-0.1, -0.05) is 13.8 Å². The zero-order valence-corrected chi connectivity index (χ0v) is 11.7. The Bertz CT molecular complexity index is 240. The Balaban J connectivity index is 1.97. The van der Waals surface area contributed by atoms with Crippen LogP contribution in [0.3, 0.4) is 0 Å². The first-order valence-electron chi connectivity index (χ1n) is 7.24. The number of piperazine rings is 1. The number of ether oxygens (including phenoxy) is 1. The molecule has 0 amide bonds. The van der Waals surface area contributed by atoms with Gasteiger partial charge in [0.05, 0.1) is 6.61 Å². The molecular weight excluding hydrogens is 212 g/mol. The summed E-state index contributed by atoms with van der Waals surface area (Å²) in [6.07, 6.45) is 3.71. The van der Waals surface area contributed by atoms with Crippen LogP contribution in [-0.4, -0.2) is 49.3 Å². The van der Waals surface area contributed by atoms with E-state index in [0.717, 1.165) is 25.7 Å². The molecule has 3 unspecified atom stereocenters. The van der Waals surface area contributed by atoms with Crippen LogP contribution in [0.2, 0.25) is 0 Å². The van der Waals surface area contributed by atoms with E-state index in [1.807, 2.05) is 0 Å². The lowest BCUT2D eigenvalue weighted by Crippen LogP contribution is -2.63. The van der Waals surface area contributed by atoms with Gasteiger partial charge in [-0.2, -0.15) is 0 Å². The molecule has 0 aromatic heterocycles. The van der Waals surface area contributed by atoms with Gasteiger partial charge in [0.25, 0.3) is 0 Å². The molecule has 17 heavy (non-hydrogen) atoms. The van der Waals surface area contributed by atoms with Crippen LogP contribution in [0.4, 0.5) is 0 Å². The van der Waals surface area contributed by atoms with Crippen molar-refractivity contribution in [2.75, 3.05) is 32.8 Å². The average Bonchev–Trinajstić information content (AvgIpc) is 2.85. The summed E-state index contributed by atoms with van der Waals surface area (Å²) in [5, 5.41) is 3.69. The normalized spacial score (nSPS) is 39.7. The van der Waals surface area contributed by atoms with E-state index in [9.17, 15) is 0 Å². The van der Waals surface area contributed by atoms with E-state index >= 15 is 0 Å². The summed E-state index contributed by atoms with van der Waals surface area (Å²) in [5.74, 6) is 0.761. The van der Waals surface area contributed by atoms with Crippen molar-refractivity contribution in [1.29, 1.82) is 0 Å². The van der Waals surface area contributed by atoms with Crippen molar-refractivity contribution in [1.82, 2.24) is 10.2 Å². The van der Waals surface area contributed by atoms with Crippen LogP contribution in [0.25, 0.3) is 0 Å². The van der Waals surface area contributed by atoms with Gasteiger partial charge in [-0.25, -0.2) is 0 Å². The molecule has 0 aromatic rings. The van der Waals surface area contributed by atoms with Crippen LogP contribution in [-0.2, 0) is 4.74 Å². The first-order valence-corrected chi connectivity index (χ1v) is 7.24. The summed E-state index contributed by atoms with van der Waals surface area (Å²) in [6, 6.07) is 0.678. The van der Waals surface area contributed by atoms with Crippen LogP contribution in [0.5, 0.6) is 0 Å². The van der Waals surface area contributed by atoms with E-state index < -0.39 is 0 Å². The molecule has 3 atom stereocenters. The molecule has 2 fully saturated rings. The summed E-state index contributed by atoms with van der Waals surface area (Å²) in [7, 11) is 0. The third kappa shape index (κ3) is 3.01. The SMILES string of the molecule is CCC1CN(CC2CCOC2)C(C)(CC)CN1. The van der Waals surface area contributed by atoms with E-state index in [-0.39, 0.29) is 0 Å². The van der Waals surface area contributed by atoms with Gasteiger partial charge in [-0.05, 0) is 32.1 Å². The van der Waals surface area contributed by atoms with Gasteiger partial charge in [-0.3, -0.25) is 4.90 Å². The number of nitrogens with one attached hydrogen (secondary N) is 1. The molecule has 0 spiro atoms. The van der Waals surface area contributed by atoms with E-state index in [0.29, 0.717) is 11.6 Å². The van der Waals surface area contributed by atoms with Crippen molar-refractivity contribution in [3.8, 4) is 0 Å². The molecule has 0 radical (unpaired) electrons. The molecule has 2 saturated heterocycles. The highest BCUT2D eigenvalue weighted by Gasteiger charge is 2.37. The number of rotatable bonds is 4. The highest BCUT2D eigenvalue weighted by atomic mass is 16.5. The van der Waals surface area contributed by atoms with E-state index in [1.54, 1.807) is 0 Å². The second kappa shape index (κ2) is 5.68. The first kappa shape index (κ1) is 13.3. The largest absolute Gasteiger partial charge is 0.381 e. The van der Waals surface area contributed by atoms with Gasteiger partial charge in [-0.15, -0.1) is 0 Å². The second-order valence-corrected chi connectivity index (χ2v) is 5.97. The molecule has 2 heterocycles. The summed E-state index contributed by atoms with van der Waals surface area (Å²) in [5.41, 5.74) is 0.342. The lowest BCUT2D eigenvalue weighted by Gasteiger charge is -2.48. The van der Waals surface area contributed by atoms with E-state index in [2.05, 4.69) is 31.0 Å². The Hall–Kier alpha value is -0.120. The molecule has 3 heteroatoms. The zero-order valence-electron chi connectivity index (χ0n) is 11.7. The molecule has 1 N–H and O–H groups in total. The number of nitrogens with zero attached hydrogens (tertiary/aromatic N) is 1. The van der Waals surface area contributed by atoms with Crippen molar-refractivity contribution in [2.45, 2.75) is 51.6 Å². The third-order valence-electron chi connectivity index (χ3n) is 4.73. The van der Waals surface area contributed by atoms with Gasteiger partial charge >= 0.3 is 0 Å². The summed E-state index contributed by atoms with van der Waals surface area (Å²) >= 11 is 0. The Morgan fingerprint density at radius 3 is 2.82 bits per heavy atom. The molecule has 0 aromatic carbocycles. The van der Waals surface area contributed by atoms with Crippen LogP contribution in [0.1, 0.15) is 40.0 Å². The third-order valence-corrected chi connectivity index (χ3v) is 4.73. The number of hydrogen-bond acceptors (Lipinski definition) is 3. The summed E-state index contributed by atoms with van der Waals surface area (Å²) in [4.78, 5) is 2.72. The molecular formula is C14H28N2O. The summed E-state index contributed by atoms with van der Waals surface area (Å²) in [6.45, 7) is 12.5. The highest BCUT2D eigenvalue weighted by molar-refractivity contribution is 4.95. The Morgan fingerprint density at radius 2 is 2.24 bits per heavy atom. The van der Waals surface area contributed by atoms with Crippen molar-refractivity contribution in [3.63, 3.8) is 0 Å². The summed E-state index contributed by atoms with van der Waals surface area (Å²) < 4.78 is 5.51. The maximum Gasteiger partial charge on any atom is 0.0507 e. The fourth-order valence-electron chi connectivity index (χ4n) is 2.98. The van der Waals surface area contributed by atoms with Gasteiger partial charge in [0.1, 0.15) is 0 Å². The second-order valence-electron chi connectivity index (χ2n) is 5.97. The molecule has 0 bridgehead atoms. The minimum Gasteiger partial charge on any atom is -0.381 e. The molecule has 2 rings (SSSR count). The molecule has 2 aliphatic rings. The van der Waals surface area contributed by atoms with Crippen LogP contribution in [0, 0.1) is 5.92 Å². The molecule has 2 aliphatic heterocycles. The minimum atomic E-state index is 0.342. The fourth-order valence-corrected chi connectivity index (χ4v) is 2.98. The monoisotopic (exact) mass is 240 g/mol. The molecule has 0 saturated carbocycles. The van der Waals surface area contributed by atoms with Gasteiger partial charge in [0.15, 0.2) is 0 Å². The van der Waals surface area contributed by atoms with Crippen molar-refractivity contribution in [2.24, 2.45) is 5.92 Å².